The fourth-order valence-corrected chi connectivity index (χ4v) is 4.13. The largest absolute Gasteiger partial charge is 0.309 e. The van der Waals surface area contributed by atoms with Crippen molar-refractivity contribution in [2.24, 2.45) is 0 Å². The molecule has 0 fully saturated rings. The molecule has 0 unspecified atom stereocenters. The van der Waals surface area contributed by atoms with Gasteiger partial charge in [-0.1, -0.05) is 24.3 Å². The standard InChI is InChI=1S/C22H21N3O5S/c1-3-24(19-7-5-4-6-8-19)22(26)17-10-12-18(13-11-17)23-31(29,30)20-14-9-16(2)21(15-20)25(27)28/h4-15,23H,3H2,1-2H3. The van der Waals surface area contributed by atoms with Crippen LogP contribution in [0, 0.1) is 17.0 Å². The molecule has 0 bridgehead atoms. The van der Waals surface area contributed by atoms with Crippen molar-refractivity contribution in [2.45, 2.75) is 18.7 Å². The number of benzene rings is 3. The van der Waals surface area contributed by atoms with Crippen molar-refractivity contribution in [2.75, 3.05) is 16.2 Å². The molecular weight excluding hydrogens is 418 g/mol. The zero-order chi connectivity index (χ0) is 22.6. The van der Waals surface area contributed by atoms with Crippen molar-refractivity contribution in [3.05, 3.63) is 94.0 Å². The second-order valence-electron chi connectivity index (χ2n) is 6.77. The zero-order valence-electron chi connectivity index (χ0n) is 17.0. The number of nitro benzene ring substituents is 1. The number of nitro groups is 1. The lowest BCUT2D eigenvalue weighted by atomic mass is 10.1. The number of para-hydroxylation sites is 1. The van der Waals surface area contributed by atoms with Crippen LogP contribution in [0.15, 0.2) is 77.7 Å². The van der Waals surface area contributed by atoms with E-state index in [1.807, 2.05) is 37.3 Å². The SMILES string of the molecule is CCN(C(=O)c1ccc(NS(=O)(=O)c2ccc(C)c([N+](=O)[O-])c2)cc1)c1ccccc1. The highest BCUT2D eigenvalue weighted by atomic mass is 32.2. The summed E-state index contributed by atoms with van der Waals surface area (Å²) in [6.07, 6.45) is 0. The Balaban J connectivity index is 1.81. The van der Waals surface area contributed by atoms with Gasteiger partial charge in [-0.15, -0.1) is 0 Å². The quantitative estimate of drug-likeness (QED) is 0.434. The highest BCUT2D eigenvalue weighted by molar-refractivity contribution is 7.92. The number of hydrogen-bond acceptors (Lipinski definition) is 5. The van der Waals surface area contributed by atoms with Gasteiger partial charge in [0, 0.05) is 35.1 Å². The third kappa shape index (κ3) is 4.89. The number of amides is 1. The summed E-state index contributed by atoms with van der Waals surface area (Å²) in [7, 11) is -4.03. The first-order valence-corrected chi connectivity index (χ1v) is 11.0. The average molecular weight is 439 g/mol. The van der Waals surface area contributed by atoms with Crippen LogP contribution in [-0.2, 0) is 10.0 Å². The van der Waals surface area contributed by atoms with Crippen LogP contribution in [0.3, 0.4) is 0 Å². The number of rotatable bonds is 7. The zero-order valence-corrected chi connectivity index (χ0v) is 17.8. The van der Waals surface area contributed by atoms with Crippen LogP contribution in [0.1, 0.15) is 22.8 Å². The van der Waals surface area contributed by atoms with Crippen molar-refractivity contribution < 1.29 is 18.1 Å². The summed E-state index contributed by atoms with van der Waals surface area (Å²) in [5.74, 6) is -0.211. The van der Waals surface area contributed by atoms with Crippen molar-refractivity contribution in [1.29, 1.82) is 0 Å². The molecule has 0 aromatic heterocycles. The average Bonchev–Trinajstić information content (AvgIpc) is 2.75. The summed E-state index contributed by atoms with van der Waals surface area (Å²) in [5.41, 5.74) is 1.50. The van der Waals surface area contributed by atoms with E-state index in [-0.39, 0.29) is 22.2 Å². The van der Waals surface area contributed by atoms with Gasteiger partial charge < -0.3 is 4.90 Å². The number of aryl methyl sites for hydroxylation is 1. The molecule has 3 aromatic rings. The first-order valence-electron chi connectivity index (χ1n) is 9.48. The van der Waals surface area contributed by atoms with E-state index in [1.54, 1.807) is 4.90 Å². The maximum atomic E-state index is 12.9. The Morgan fingerprint density at radius 1 is 1.03 bits per heavy atom. The van der Waals surface area contributed by atoms with Crippen LogP contribution in [-0.4, -0.2) is 25.8 Å². The maximum absolute atomic E-state index is 12.9. The predicted molar refractivity (Wildman–Crippen MR) is 119 cm³/mol. The van der Waals surface area contributed by atoms with Crippen LogP contribution in [0.25, 0.3) is 0 Å². The third-order valence-electron chi connectivity index (χ3n) is 4.70. The summed E-state index contributed by atoms with van der Waals surface area (Å²) in [6.45, 7) is 3.88. The molecule has 0 aliphatic carbocycles. The van der Waals surface area contributed by atoms with Gasteiger partial charge >= 0.3 is 0 Å². The molecule has 0 aliphatic rings. The smallest absolute Gasteiger partial charge is 0.273 e. The van der Waals surface area contributed by atoms with E-state index in [4.69, 9.17) is 0 Å². The molecule has 3 aromatic carbocycles. The normalized spacial score (nSPS) is 11.0. The number of anilines is 2. The summed E-state index contributed by atoms with van der Waals surface area (Å²) < 4.78 is 27.7. The second kappa shape index (κ2) is 8.97. The molecular formula is C22H21N3O5S. The molecule has 3 rings (SSSR count). The van der Waals surface area contributed by atoms with E-state index in [0.717, 1.165) is 11.8 Å². The second-order valence-corrected chi connectivity index (χ2v) is 8.46. The van der Waals surface area contributed by atoms with Crippen LogP contribution < -0.4 is 9.62 Å². The van der Waals surface area contributed by atoms with Crippen LogP contribution in [0.4, 0.5) is 17.1 Å². The topological polar surface area (TPSA) is 110 Å². The van der Waals surface area contributed by atoms with Crippen molar-refractivity contribution in [3.8, 4) is 0 Å². The van der Waals surface area contributed by atoms with E-state index in [1.165, 1.54) is 43.3 Å². The lowest BCUT2D eigenvalue weighted by Gasteiger charge is -2.21. The maximum Gasteiger partial charge on any atom is 0.273 e. The van der Waals surface area contributed by atoms with Gasteiger partial charge in [-0.25, -0.2) is 8.42 Å². The molecule has 0 aliphatic heterocycles. The van der Waals surface area contributed by atoms with Crippen LogP contribution in [0.2, 0.25) is 0 Å². The Kier molecular flexibility index (Phi) is 6.36. The molecule has 8 nitrogen and oxygen atoms in total. The highest BCUT2D eigenvalue weighted by Gasteiger charge is 2.21. The Labute approximate surface area is 180 Å². The Hall–Kier alpha value is -3.72. The number of carbonyl (C=O) groups excluding carboxylic acids is 1. The highest BCUT2D eigenvalue weighted by Crippen LogP contribution is 2.24. The molecule has 31 heavy (non-hydrogen) atoms. The van der Waals surface area contributed by atoms with Gasteiger partial charge in [0.25, 0.3) is 21.6 Å². The first kappa shape index (κ1) is 22.0. The fourth-order valence-electron chi connectivity index (χ4n) is 3.06. The molecule has 0 radical (unpaired) electrons. The molecule has 9 heteroatoms. The molecule has 160 valence electrons. The van der Waals surface area contributed by atoms with Crippen molar-refractivity contribution in [1.82, 2.24) is 0 Å². The van der Waals surface area contributed by atoms with Gasteiger partial charge in [0.1, 0.15) is 0 Å². The summed E-state index contributed by atoms with van der Waals surface area (Å²) in [4.78, 5) is 24.7. The summed E-state index contributed by atoms with van der Waals surface area (Å²) >= 11 is 0. The van der Waals surface area contributed by atoms with Crippen molar-refractivity contribution >= 4 is 33.0 Å². The minimum absolute atomic E-state index is 0.211. The molecule has 0 heterocycles. The van der Waals surface area contributed by atoms with Gasteiger partial charge in [0.05, 0.1) is 9.82 Å². The number of nitrogens with one attached hydrogen (secondary N) is 1. The van der Waals surface area contributed by atoms with Gasteiger partial charge in [0.2, 0.25) is 0 Å². The Morgan fingerprint density at radius 3 is 2.26 bits per heavy atom. The number of carbonyl (C=O) groups is 1. The van der Waals surface area contributed by atoms with Gasteiger partial charge in [-0.05, 0) is 56.3 Å². The summed E-state index contributed by atoms with van der Waals surface area (Å²) in [5, 5.41) is 11.1. The molecule has 1 amide bonds. The van der Waals surface area contributed by atoms with Gasteiger partial charge in [0.15, 0.2) is 0 Å². The van der Waals surface area contributed by atoms with E-state index in [0.29, 0.717) is 17.7 Å². The van der Waals surface area contributed by atoms with E-state index in [9.17, 15) is 23.3 Å². The number of hydrogen-bond donors (Lipinski definition) is 1. The third-order valence-corrected chi connectivity index (χ3v) is 6.08. The first-order chi connectivity index (χ1) is 14.7. The predicted octanol–water partition coefficient (Wildman–Crippen LogP) is 4.37. The molecule has 0 saturated carbocycles. The lowest BCUT2D eigenvalue weighted by molar-refractivity contribution is -0.385. The minimum atomic E-state index is -4.03. The monoisotopic (exact) mass is 439 g/mol. The fraction of sp³-hybridized carbons (Fsp3) is 0.136. The van der Waals surface area contributed by atoms with E-state index >= 15 is 0 Å². The minimum Gasteiger partial charge on any atom is -0.309 e. The lowest BCUT2D eigenvalue weighted by Crippen LogP contribution is -2.30. The van der Waals surface area contributed by atoms with E-state index in [2.05, 4.69) is 4.72 Å². The van der Waals surface area contributed by atoms with Crippen molar-refractivity contribution in [3.63, 3.8) is 0 Å². The molecule has 0 saturated heterocycles. The number of sulfonamides is 1. The molecule has 1 N–H and O–H groups in total. The Bertz CT molecular complexity index is 1210. The number of nitrogens with zero attached hydrogens (tertiary/aromatic N) is 2. The van der Waals surface area contributed by atoms with Crippen LogP contribution in [0.5, 0.6) is 0 Å². The molecule has 0 spiro atoms. The van der Waals surface area contributed by atoms with E-state index < -0.39 is 14.9 Å². The molecule has 0 atom stereocenters. The Morgan fingerprint density at radius 2 is 1.68 bits per heavy atom. The van der Waals surface area contributed by atoms with Gasteiger partial charge in [-0.2, -0.15) is 0 Å². The van der Waals surface area contributed by atoms with Gasteiger partial charge in [-0.3, -0.25) is 19.6 Å². The van der Waals surface area contributed by atoms with Crippen LogP contribution >= 0.6 is 0 Å². The summed E-state index contributed by atoms with van der Waals surface area (Å²) in [6, 6.07) is 19.0.